The number of ether oxygens (including phenoxy) is 1. The van der Waals surface area contributed by atoms with E-state index in [0.29, 0.717) is 12.0 Å². The van der Waals surface area contributed by atoms with Gasteiger partial charge in [0.25, 0.3) is 0 Å². The Labute approximate surface area is 237 Å². The van der Waals surface area contributed by atoms with Crippen LogP contribution in [0.4, 0.5) is 0 Å². The Morgan fingerprint density at radius 1 is 1.02 bits per heavy atom. The standard InChI is InChI=1S/C33H44O7/c1-16-7-10-25(35)17(2)12-22-13-21(15-34)20(5)14-33(22)30(38)26(31(39)40-33)29(37)32(6)24(16)9-8-23-27(32)18(3)11-19(4)28(23)36/h7-9,12-13,18-20,22-25,27-28,34-37H,10-11,14-15H2,1-6H3/b16-7+,17-12+,29-26?/t18-,19+,20-,22-,23+,24+,25+,27-,28+,32-,33+/m1/s1. The maximum Gasteiger partial charge on any atom is 0.346 e. The predicted octanol–water partition coefficient (Wildman–Crippen LogP) is 4.36. The van der Waals surface area contributed by atoms with E-state index in [4.69, 9.17) is 4.74 Å². The molecule has 2 bridgehead atoms. The SMILES string of the molecule is C/C1=C\[C@@H]2C=C(CO)[C@H](C)C[C@]23OC(=O)C(=C(O)[C@@]2(C)[C@H]4[C@H](C=C[C@H]2/C(C)=C/C[C@@H]1O)[C@@H](O)[C@@H](C)C[C@H]4C)C3=O. The summed E-state index contributed by atoms with van der Waals surface area (Å²) < 4.78 is 6.00. The number of esters is 1. The molecule has 7 heteroatoms. The third-order valence-corrected chi connectivity index (χ3v) is 10.9. The third kappa shape index (κ3) is 4.11. The number of fused-ring (bicyclic) bond motifs is 4. The number of carbonyl (C=O) groups is 2. The molecular weight excluding hydrogens is 508 g/mol. The largest absolute Gasteiger partial charge is 0.511 e. The molecule has 1 spiro atoms. The van der Waals surface area contributed by atoms with Gasteiger partial charge in [-0.25, -0.2) is 4.79 Å². The van der Waals surface area contributed by atoms with Crippen LogP contribution in [0.2, 0.25) is 0 Å². The van der Waals surface area contributed by atoms with Crippen molar-refractivity contribution >= 4 is 11.8 Å². The van der Waals surface area contributed by atoms with E-state index in [0.717, 1.165) is 17.6 Å². The van der Waals surface area contributed by atoms with E-state index in [-0.39, 0.29) is 59.9 Å². The lowest BCUT2D eigenvalue weighted by atomic mass is 9.49. The van der Waals surface area contributed by atoms with E-state index in [2.05, 4.69) is 6.92 Å². The van der Waals surface area contributed by atoms with Crippen LogP contribution in [0.25, 0.3) is 0 Å². The summed E-state index contributed by atoms with van der Waals surface area (Å²) in [4.78, 5) is 28.1. The smallest absolute Gasteiger partial charge is 0.346 e. The molecule has 1 aliphatic heterocycles. The Hall–Kier alpha value is -2.48. The molecule has 0 aromatic rings. The van der Waals surface area contributed by atoms with Gasteiger partial charge in [-0.3, -0.25) is 4.79 Å². The van der Waals surface area contributed by atoms with Crippen LogP contribution in [0.3, 0.4) is 0 Å². The number of rotatable bonds is 1. The molecule has 4 N–H and O–H groups in total. The topological polar surface area (TPSA) is 124 Å². The fourth-order valence-corrected chi connectivity index (χ4v) is 8.69. The first-order valence-electron chi connectivity index (χ1n) is 14.7. The van der Waals surface area contributed by atoms with Gasteiger partial charge >= 0.3 is 5.97 Å². The number of hydrogen-bond acceptors (Lipinski definition) is 7. The molecule has 1 heterocycles. The maximum atomic E-state index is 14.4. The summed E-state index contributed by atoms with van der Waals surface area (Å²) in [5.41, 5.74) is -0.652. The van der Waals surface area contributed by atoms with Crippen molar-refractivity contribution in [1.82, 2.24) is 0 Å². The second kappa shape index (κ2) is 10.1. The summed E-state index contributed by atoms with van der Waals surface area (Å²) in [6.07, 6.45) is 9.38. The molecule has 218 valence electrons. The minimum atomic E-state index is -1.57. The highest BCUT2D eigenvalue weighted by atomic mass is 16.6. The predicted molar refractivity (Wildman–Crippen MR) is 151 cm³/mol. The van der Waals surface area contributed by atoms with Crippen molar-refractivity contribution in [3.63, 3.8) is 0 Å². The number of Topliss-reactive ketones (excluding diaryl/α,β-unsaturated/α-hetero) is 1. The first-order chi connectivity index (χ1) is 18.8. The summed E-state index contributed by atoms with van der Waals surface area (Å²) in [5, 5.41) is 44.6. The maximum absolute atomic E-state index is 14.4. The van der Waals surface area contributed by atoms with Gasteiger partial charge in [0.15, 0.2) is 5.60 Å². The zero-order valence-corrected chi connectivity index (χ0v) is 24.4. The minimum absolute atomic E-state index is 0.0739. The summed E-state index contributed by atoms with van der Waals surface area (Å²) in [7, 11) is 0. The molecular formula is C33H44O7. The van der Waals surface area contributed by atoms with E-state index in [1.165, 1.54) is 0 Å². The second-order valence-corrected chi connectivity index (χ2v) is 13.4. The number of aliphatic hydroxyl groups is 4. The fraction of sp³-hybridized carbons (Fsp3) is 0.636. The van der Waals surface area contributed by atoms with Crippen molar-refractivity contribution < 1.29 is 34.8 Å². The van der Waals surface area contributed by atoms with Crippen LogP contribution in [-0.4, -0.2) is 56.6 Å². The van der Waals surface area contributed by atoms with Crippen LogP contribution in [0.1, 0.15) is 60.8 Å². The zero-order valence-electron chi connectivity index (χ0n) is 24.4. The van der Waals surface area contributed by atoms with E-state index in [1.807, 2.05) is 45.9 Å². The normalized spacial score (nSPS) is 48.1. The quantitative estimate of drug-likeness (QED) is 0.217. The van der Waals surface area contributed by atoms with Gasteiger partial charge in [-0.1, -0.05) is 63.6 Å². The van der Waals surface area contributed by atoms with Gasteiger partial charge < -0.3 is 25.2 Å². The van der Waals surface area contributed by atoms with Gasteiger partial charge in [0.05, 0.1) is 18.8 Å². The van der Waals surface area contributed by atoms with Crippen molar-refractivity contribution in [2.24, 2.45) is 46.8 Å². The molecule has 2 fully saturated rings. The van der Waals surface area contributed by atoms with E-state index in [9.17, 15) is 30.0 Å². The highest BCUT2D eigenvalue weighted by Gasteiger charge is 2.63. The van der Waals surface area contributed by atoms with Crippen LogP contribution < -0.4 is 0 Å². The first-order valence-corrected chi connectivity index (χ1v) is 14.7. The summed E-state index contributed by atoms with van der Waals surface area (Å²) in [6.45, 7) is 11.5. The number of allylic oxidation sites excluding steroid dienone is 3. The van der Waals surface area contributed by atoms with Gasteiger partial charge in [0.1, 0.15) is 11.3 Å². The average molecular weight is 553 g/mol. The molecule has 0 radical (unpaired) electrons. The van der Waals surface area contributed by atoms with E-state index < -0.39 is 40.9 Å². The molecule has 11 atom stereocenters. The van der Waals surface area contributed by atoms with Crippen LogP contribution in [-0.2, 0) is 14.3 Å². The summed E-state index contributed by atoms with van der Waals surface area (Å²) in [5.74, 6) is -3.26. The lowest BCUT2D eigenvalue weighted by molar-refractivity contribution is -0.156. The second-order valence-electron chi connectivity index (χ2n) is 13.4. The first kappa shape index (κ1) is 29.0. The molecule has 0 amide bonds. The van der Waals surface area contributed by atoms with Gasteiger partial charge in [0.2, 0.25) is 5.78 Å². The Kier molecular flexibility index (Phi) is 7.33. The van der Waals surface area contributed by atoms with E-state index >= 15 is 0 Å². The molecule has 7 nitrogen and oxygen atoms in total. The van der Waals surface area contributed by atoms with Crippen LogP contribution in [0.5, 0.6) is 0 Å². The lowest BCUT2D eigenvalue weighted by Crippen LogP contribution is -2.54. The highest BCUT2D eigenvalue weighted by molar-refractivity contribution is 6.26. The lowest BCUT2D eigenvalue weighted by Gasteiger charge is -2.55. The Morgan fingerprint density at radius 2 is 1.73 bits per heavy atom. The molecule has 5 aliphatic rings. The molecule has 0 unspecified atom stereocenters. The number of carbonyl (C=O) groups excluding carboxylic acids is 2. The zero-order chi connectivity index (χ0) is 29.3. The fourth-order valence-electron chi connectivity index (χ4n) is 8.69. The molecule has 40 heavy (non-hydrogen) atoms. The Morgan fingerprint density at radius 3 is 2.40 bits per heavy atom. The average Bonchev–Trinajstić information content (AvgIpc) is 3.14. The molecule has 1 saturated carbocycles. The Bertz CT molecular complexity index is 1250. The highest BCUT2D eigenvalue weighted by Crippen LogP contribution is 2.60. The van der Waals surface area contributed by atoms with Crippen molar-refractivity contribution in [3.8, 4) is 0 Å². The third-order valence-electron chi connectivity index (χ3n) is 10.9. The molecule has 4 aliphatic carbocycles. The van der Waals surface area contributed by atoms with Gasteiger partial charge in [0, 0.05) is 29.6 Å². The van der Waals surface area contributed by atoms with Crippen LogP contribution >= 0.6 is 0 Å². The minimum Gasteiger partial charge on any atom is -0.511 e. The van der Waals surface area contributed by atoms with Gasteiger partial charge in [-0.05, 0) is 61.5 Å². The molecule has 1 saturated heterocycles. The van der Waals surface area contributed by atoms with Crippen molar-refractivity contribution in [2.45, 2.75) is 78.6 Å². The monoisotopic (exact) mass is 552 g/mol. The van der Waals surface area contributed by atoms with Crippen LogP contribution in [0.15, 0.2) is 58.4 Å². The molecule has 0 aromatic carbocycles. The summed E-state index contributed by atoms with van der Waals surface area (Å²) >= 11 is 0. The van der Waals surface area contributed by atoms with Gasteiger partial charge in [-0.2, -0.15) is 0 Å². The number of hydrogen-bond donors (Lipinski definition) is 4. The van der Waals surface area contributed by atoms with Crippen molar-refractivity contribution in [1.29, 1.82) is 0 Å². The van der Waals surface area contributed by atoms with Gasteiger partial charge in [-0.15, -0.1) is 0 Å². The van der Waals surface area contributed by atoms with E-state index in [1.54, 1.807) is 19.1 Å². The van der Waals surface area contributed by atoms with Crippen molar-refractivity contribution in [3.05, 3.63) is 58.4 Å². The number of aliphatic hydroxyl groups excluding tert-OH is 4. The van der Waals surface area contributed by atoms with Crippen LogP contribution in [0, 0.1) is 46.8 Å². The Balaban J connectivity index is 1.78. The van der Waals surface area contributed by atoms with Crippen molar-refractivity contribution in [2.75, 3.05) is 6.61 Å². The number of ketones is 1. The molecule has 0 aromatic heterocycles. The summed E-state index contributed by atoms with van der Waals surface area (Å²) in [6, 6.07) is 0. The molecule has 5 rings (SSSR count).